The Morgan fingerprint density at radius 2 is 1.60 bits per heavy atom. The Labute approximate surface area is 117 Å². The van der Waals surface area contributed by atoms with Crippen molar-refractivity contribution in [2.75, 3.05) is 7.11 Å². The monoisotopic (exact) mass is 274 g/mol. The van der Waals surface area contributed by atoms with Gasteiger partial charge in [-0.2, -0.15) is 0 Å². The molecule has 1 N–H and O–H groups in total. The van der Waals surface area contributed by atoms with E-state index in [2.05, 4.69) is 0 Å². The first-order valence-electron chi connectivity index (χ1n) is 6.09. The lowest BCUT2D eigenvalue weighted by Gasteiger charge is -2.12. The molecule has 0 heterocycles. The van der Waals surface area contributed by atoms with Crippen molar-refractivity contribution in [2.45, 2.75) is 6.61 Å². The highest BCUT2D eigenvalue weighted by Crippen LogP contribution is 2.26. The maximum Gasteiger partial charge on any atom is 0.739 e. The van der Waals surface area contributed by atoms with E-state index in [4.69, 9.17) is 19.1 Å². The number of rotatable bonds is 7. The van der Waals surface area contributed by atoms with Gasteiger partial charge >= 0.3 is 7.32 Å². The fourth-order valence-electron chi connectivity index (χ4n) is 1.58. The minimum atomic E-state index is -1.53. The molecule has 0 aliphatic heterocycles. The molecule has 20 heavy (non-hydrogen) atoms. The van der Waals surface area contributed by atoms with Gasteiger partial charge in [0.15, 0.2) is 5.75 Å². The molecule has 0 bridgehead atoms. The SMILES string of the molecule is COc1ccccc1OB(O)OOCc1ccccc1. The summed E-state index contributed by atoms with van der Waals surface area (Å²) in [7, 11) is -0.0172. The molecular formula is C14H15BO5. The van der Waals surface area contributed by atoms with Gasteiger partial charge in [-0.3, -0.25) is 0 Å². The highest BCUT2D eigenvalue weighted by atomic mass is 17.2. The summed E-state index contributed by atoms with van der Waals surface area (Å²) in [4.78, 5) is 9.64. The summed E-state index contributed by atoms with van der Waals surface area (Å²) in [5.41, 5.74) is 0.928. The maximum absolute atomic E-state index is 9.58. The number of benzene rings is 2. The van der Waals surface area contributed by atoms with Crippen LogP contribution in [0.3, 0.4) is 0 Å². The van der Waals surface area contributed by atoms with Crippen LogP contribution in [0.2, 0.25) is 0 Å². The van der Waals surface area contributed by atoms with Crippen molar-refractivity contribution in [3.05, 3.63) is 60.2 Å². The van der Waals surface area contributed by atoms with Crippen molar-refractivity contribution in [3.8, 4) is 11.5 Å². The third-order valence-corrected chi connectivity index (χ3v) is 2.52. The normalized spacial score (nSPS) is 10.1. The molecule has 0 aromatic heterocycles. The minimum absolute atomic E-state index is 0.215. The van der Waals surface area contributed by atoms with Gasteiger partial charge in [-0.25, -0.2) is 9.69 Å². The molecule has 0 aliphatic rings. The smallest absolute Gasteiger partial charge is 0.507 e. The zero-order valence-electron chi connectivity index (χ0n) is 11.1. The van der Waals surface area contributed by atoms with E-state index < -0.39 is 7.32 Å². The van der Waals surface area contributed by atoms with Crippen LogP contribution < -0.4 is 9.39 Å². The fourth-order valence-corrected chi connectivity index (χ4v) is 1.58. The summed E-state index contributed by atoms with van der Waals surface area (Å²) in [5.74, 6) is 0.865. The van der Waals surface area contributed by atoms with E-state index in [0.29, 0.717) is 11.5 Å². The van der Waals surface area contributed by atoms with Gasteiger partial charge in [0.05, 0.1) is 7.11 Å². The van der Waals surface area contributed by atoms with Gasteiger partial charge in [-0.05, 0) is 17.7 Å². The second kappa shape index (κ2) is 7.54. The molecule has 0 aliphatic carbocycles. The Bertz CT molecular complexity index is 520. The van der Waals surface area contributed by atoms with Crippen molar-refractivity contribution in [1.29, 1.82) is 0 Å². The molecule has 104 valence electrons. The molecule has 6 heteroatoms. The quantitative estimate of drug-likeness (QED) is 0.476. The van der Waals surface area contributed by atoms with Gasteiger partial charge in [0.25, 0.3) is 0 Å². The van der Waals surface area contributed by atoms with Gasteiger partial charge < -0.3 is 14.4 Å². The predicted octanol–water partition coefficient (Wildman–Crippen LogP) is 2.20. The van der Waals surface area contributed by atoms with Crippen LogP contribution in [0.4, 0.5) is 0 Å². The molecule has 0 atom stereocenters. The van der Waals surface area contributed by atoms with Crippen LogP contribution in [0, 0.1) is 0 Å². The van der Waals surface area contributed by atoms with E-state index in [1.807, 2.05) is 30.3 Å². The zero-order chi connectivity index (χ0) is 14.2. The van der Waals surface area contributed by atoms with Crippen LogP contribution in [0.15, 0.2) is 54.6 Å². The van der Waals surface area contributed by atoms with E-state index in [1.165, 1.54) is 7.11 Å². The largest absolute Gasteiger partial charge is 0.739 e. The summed E-state index contributed by atoms with van der Waals surface area (Å²) in [6, 6.07) is 16.4. The summed E-state index contributed by atoms with van der Waals surface area (Å²) in [6.45, 7) is 0.215. The lowest BCUT2D eigenvalue weighted by molar-refractivity contribution is -0.243. The Morgan fingerprint density at radius 1 is 0.950 bits per heavy atom. The molecular weight excluding hydrogens is 259 g/mol. The van der Waals surface area contributed by atoms with Crippen molar-refractivity contribution in [1.82, 2.24) is 0 Å². The molecule has 5 nitrogen and oxygen atoms in total. The second-order valence-electron chi connectivity index (χ2n) is 3.92. The molecule has 0 spiro atoms. The molecule has 0 fully saturated rings. The third-order valence-electron chi connectivity index (χ3n) is 2.52. The third kappa shape index (κ3) is 4.27. The van der Waals surface area contributed by atoms with Gasteiger partial charge in [0.2, 0.25) is 0 Å². The summed E-state index contributed by atoms with van der Waals surface area (Å²) < 4.78 is 10.2. The average molecular weight is 274 g/mol. The van der Waals surface area contributed by atoms with Crippen LogP contribution in [0.1, 0.15) is 5.56 Å². The molecule has 0 unspecified atom stereocenters. The summed E-state index contributed by atoms with van der Waals surface area (Å²) in [5, 5.41) is 9.58. The molecule has 2 aromatic carbocycles. The first kappa shape index (κ1) is 14.4. The molecule has 2 aromatic rings. The Morgan fingerprint density at radius 3 is 2.30 bits per heavy atom. The topological polar surface area (TPSA) is 57.2 Å². The number of ether oxygens (including phenoxy) is 1. The van der Waals surface area contributed by atoms with E-state index in [-0.39, 0.29) is 6.61 Å². The first-order valence-corrected chi connectivity index (χ1v) is 6.09. The van der Waals surface area contributed by atoms with Crippen LogP contribution in [0.5, 0.6) is 11.5 Å². The predicted molar refractivity (Wildman–Crippen MR) is 73.9 cm³/mol. The van der Waals surface area contributed by atoms with E-state index in [1.54, 1.807) is 24.3 Å². The van der Waals surface area contributed by atoms with E-state index >= 15 is 0 Å². The van der Waals surface area contributed by atoms with Crippen LogP contribution in [0.25, 0.3) is 0 Å². The average Bonchev–Trinajstić information content (AvgIpc) is 2.49. The van der Waals surface area contributed by atoms with E-state index in [0.717, 1.165) is 5.56 Å². The number of hydrogen-bond donors (Lipinski definition) is 1. The maximum atomic E-state index is 9.58. The first-order chi connectivity index (χ1) is 9.79. The minimum Gasteiger partial charge on any atom is -0.507 e. The zero-order valence-corrected chi connectivity index (χ0v) is 11.1. The Kier molecular flexibility index (Phi) is 5.43. The van der Waals surface area contributed by atoms with Gasteiger partial charge in [0.1, 0.15) is 12.4 Å². The number of methoxy groups -OCH3 is 1. The standard InChI is InChI=1S/C14H15BO5/c1-17-13-9-5-6-10-14(13)19-15(16)20-18-11-12-7-3-2-4-8-12/h2-10,16H,11H2,1H3. The van der Waals surface area contributed by atoms with Crippen molar-refractivity contribution >= 4 is 7.32 Å². The molecule has 2 rings (SSSR count). The highest BCUT2D eigenvalue weighted by Gasteiger charge is 2.21. The molecule has 0 radical (unpaired) electrons. The highest BCUT2D eigenvalue weighted by molar-refractivity contribution is 6.35. The number of para-hydroxylation sites is 2. The van der Waals surface area contributed by atoms with Crippen LogP contribution in [-0.2, 0) is 16.3 Å². The molecule has 0 saturated carbocycles. The molecule has 0 amide bonds. The van der Waals surface area contributed by atoms with Crippen molar-refractivity contribution in [3.63, 3.8) is 0 Å². The summed E-state index contributed by atoms with van der Waals surface area (Å²) in [6.07, 6.45) is 0. The van der Waals surface area contributed by atoms with Gasteiger partial charge in [-0.15, -0.1) is 0 Å². The van der Waals surface area contributed by atoms with Crippen LogP contribution >= 0.6 is 0 Å². The lowest BCUT2D eigenvalue weighted by atomic mass is 10.2. The van der Waals surface area contributed by atoms with Gasteiger partial charge in [-0.1, -0.05) is 42.5 Å². The Hall–Kier alpha value is -2.02. The Balaban J connectivity index is 1.79. The van der Waals surface area contributed by atoms with Gasteiger partial charge in [0, 0.05) is 0 Å². The van der Waals surface area contributed by atoms with Crippen molar-refractivity contribution < 1.29 is 24.1 Å². The fraction of sp³-hybridized carbons (Fsp3) is 0.143. The summed E-state index contributed by atoms with van der Waals surface area (Å²) >= 11 is 0. The molecule has 0 saturated heterocycles. The lowest BCUT2D eigenvalue weighted by Crippen LogP contribution is -2.26. The van der Waals surface area contributed by atoms with Crippen LogP contribution in [-0.4, -0.2) is 19.5 Å². The van der Waals surface area contributed by atoms with E-state index in [9.17, 15) is 5.02 Å². The second-order valence-corrected chi connectivity index (χ2v) is 3.92. The van der Waals surface area contributed by atoms with Crippen molar-refractivity contribution in [2.24, 2.45) is 0 Å². The number of hydrogen-bond acceptors (Lipinski definition) is 5.